The summed E-state index contributed by atoms with van der Waals surface area (Å²) in [6, 6.07) is 10.5. The zero-order valence-corrected chi connectivity index (χ0v) is 16.9. The summed E-state index contributed by atoms with van der Waals surface area (Å²) in [5.74, 6) is 0.183. The molecule has 0 bridgehead atoms. The van der Waals surface area contributed by atoms with Crippen LogP contribution in [0.5, 0.6) is 0 Å². The molecule has 4 rings (SSSR count). The highest BCUT2D eigenvalue weighted by Gasteiger charge is 2.19. The van der Waals surface area contributed by atoms with Gasteiger partial charge in [-0.2, -0.15) is 0 Å². The fourth-order valence-corrected chi connectivity index (χ4v) is 3.44. The minimum Gasteiger partial charge on any atom is -0.465 e. The summed E-state index contributed by atoms with van der Waals surface area (Å²) in [6.45, 7) is 3.75. The molecule has 0 radical (unpaired) electrons. The number of hydrogen-bond donors (Lipinski definition) is 2. The molecule has 1 aliphatic heterocycles. The second-order valence-electron chi connectivity index (χ2n) is 7.20. The lowest BCUT2D eigenvalue weighted by Gasteiger charge is -2.34. The maximum absolute atomic E-state index is 12.4. The van der Waals surface area contributed by atoms with E-state index in [2.05, 4.69) is 20.2 Å². The lowest BCUT2D eigenvalue weighted by Crippen LogP contribution is -2.50. The molecule has 9 nitrogen and oxygen atoms in total. The van der Waals surface area contributed by atoms with Crippen molar-refractivity contribution in [3.8, 4) is 0 Å². The van der Waals surface area contributed by atoms with E-state index in [4.69, 9.17) is 4.42 Å². The van der Waals surface area contributed by atoms with Crippen molar-refractivity contribution >= 4 is 28.8 Å². The first-order valence-corrected chi connectivity index (χ1v) is 10.1. The van der Waals surface area contributed by atoms with Gasteiger partial charge < -0.3 is 19.6 Å². The largest absolute Gasteiger partial charge is 0.465 e. The molecule has 3 heterocycles. The summed E-state index contributed by atoms with van der Waals surface area (Å²) >= 11 is 0. The highest BCUT2D eigenvalue weighted by molar-refractivity contribution is 5.92. The molecular weight excluding hydrogens is 398 g/mol. The molecule has 31 heavy (non-hydrogen) atoms. The number of nitrogens with one attached hydrogen (secondary N) is 2. The first kappa shape index (κ1) is 20.5. The van der Waals surface area contributed by atoms with Crippen LogP contribution in [0.2, 0.25) is 0 Å². The maximum Gasteiger partial charge on any atom is 0.287 e. The normalized spacial score (nSPS) is 14.9. The van der Waals surface area contributed by atoms with Crippen molar-refractivity contribution in [2.45, 2.75) is 0 Å². The predicted molar refractivity (Wildman–Crippen MR) is 115 cm³/mol. The molecule has 1 aliphatic rings. The van der Waals surface area contributed by atoms with Gasteiger partial charge >= 0.3 is 0 Å². The summed E-state index contributed by atoms with van der Waals surface area (Å²) in [5.41, 5.74) is 0.149. The lowest BCUT2D eigenvalue weighted by molar-refractivity contribution is -0.127. The number of fused-ring (bicyclic) bond motifs is 1. The predicted octanol–water partition coefficient (Wildman–Crippen LogP) is 1.10. The van der Waals surface area contributed by atoms with Gasteiger partial charge in [-0.05, 0) is 30.3 Å². The van der Waals surface area contributed by atoms with Crippen LogP contribution in [0.15, 0.2) is 57.9 Å². The van der Waals surface area contributed by atoms with E-state index in [-0.39, 0.29) is 17.3 Å². The van der Waals surface area contributed by atoms with E-state index >= 15 is 0 Å². The first-order chi connectivity index (χ1) is 15.1. The third-order valence-corrected chi connectivity index (χ3v) is 5.16. The number of aromatic amines is 1. The fourth-order valence-electron chi connectivity index (χ4n) is 3.44. The second kappa shape index (κ2) is 9.40. The summed E-state index contributed by atoms with van der Waals surface area (Å²) in [4.78, 5) is 47.5. The number of amides is 2. The Morgan fingerprint density at radius 2 is 1.94 bits per heavy atom. The number of carbonyl (C=O) groups excluding carboxylic acids is 2. The number of carbonyl (C=O) groups is 2. The van der Waals surface area contributed by atoms with Crippen LogP contribution in [0.1, 0.15) is 16.4 Å². The van der Waals surface area contributed by atoms with E-state index in [1.807, 2.05) is 0 Å². The van der Waals surface area contributed by atoms with Crippen molar-refractivity contribution in [3.05, 3.63) is 70.7 Å². The second-order valence-corrected chi connectivity index (χ2v) is 7.20. The van der Waals surface area contributed by atoms with E-state index in [9.17, 15) is 14.4 Å². The van der Waals surface area contributed by atoms with Gasteiger partial charge in [0, 0.05) is 45.3 Å². The van der Waals surface area contributed by atoms with Crippen LogP contribution in [0.3, 0.4) is 0 Å². The highest BCUT2D eigenvalue weighted by atomic mass is 16.3. The van der Waals surface area contributed by atoms with Gasteiger partial charge in [0.2, 0.25) is 5.91 Å². The Labute approximate surface area is 178 Å². The van der Waals surface area contributed by atoms with E-state index in [0.717, 1.165) is 13.1 Å². The van der Waals surface area contributed by atoms with Gasteiger partial charge in [-0.25, -0.2) is 4.98 Å². The summed E-state index contributed by atoms with van der Waals surface area (Å²) in [7, 11) is 0. The van der Waals surface area contributed by atoms with Gasteiger partial charge in [0.1, 0.15) is 5.76 Å². The molecule has 0 unspecified atom stereocenters. The van der Waals surface area contributed by atoms with Gasteiger partial charge in [-0.15, -0.1) is 0 Å². The van der Waals surface area contributed by atoms with Gasteiger partial charge in [0.05, 0.1) is 17.2 Å². The molecule has 1 saturated heterocycles. The molecule has 2 aromatic heterocycles. The topological polar surface area (TPSA) is 112 Å². The van der Waals surface area contributed by atoms with Gasteiger partial charge in [0.25, 0.3) is 11.5 Å². The lowest BCUT2D eigenvalue weighted by atomic mass is 10.2. The quantitative estimate of drug-likeness (QED) is 0.577. The SMILES string of the molecule is O=C(NCCN1CCN(C(=O)/C=C/c2ccco2)CC1)c1nc2ccccc2c(=O)[nH]1. The molecule has 3 aromatic rings. The number of piperazine rings is 1. The Morgan fingerprint density at radius 3 is 2.71 bits per heavy atom. The third kappa shape index (κ3) is 5.07. The van der Waals surface area contributed by atoms with Crippen molar-refractivity contribution in [1.29, 1.82) is 0 Å². The monoisotopic (exact) mass is 421 g/mol. The van der Waals surface area contributed by atoms with Crippen molar-refractivity contribution < 1.29 is 14.0 Å². The van der Waals surface area contributed by atoms with Crippen LogP contribution in [-0.4, -0.2) is 70.9 Å². The van der Waals surface area contributed by atoms with Crippen LogP contribution in [0.25, 0.3) is 17.0 Å². The molecule has 0 atom stereocenters. The van der Waals surface area contributed by atoms with Crippen molar-refractivity contribution in [3.63, 3.8) is 0 Å². The zero-order valence-electron chi connectivity index (χ0n) is 16.9. The Hall–Kier alpha value is -3.72. The van der Waals surface area contributed by atoms with Gasteiger partial charge in [-0.1, -0.05) is 12.1 Å². The van der Waals surface area contributed by atoms with E-state index in [0.29, 0.717) is 42.8 Å². The standard InChI is InChI=1S/C22H23N5O4/c28-19(8-7-16-4-3-15-31-16)27-13-11-26(12-14-27)10-9-23-22(30)20-24-18-6-2-1-5-17(18)21(29)25-20/h1-8,15H,9-14H2,(H,23,30)(H,24,25,29)/b8-7+. The molecular formula is C22H23N5O4. The highest BCUT2D eigenvalue weighted by Crippen LogP contribution is 2.07. The minimum absolute atomic E-state index is 0.00228. The van der Waals surface area contributed by atoms with Crippen LogP contribution < -0.4 is 10.9 Å². The van der Waals surface area contributed by atoms with Crippen LogP contribution in [0, 0.1) is 0 Å². The Morgan fingerprint density at radius 1 is 1.13 bits per heavy atom. The third-order valence-electron chi connectivity index (χ3n) is 5.16. The molecule has 1 fully saturated rings. The number of para-hydroxylation sites is 1. The molecule has 2 N–H and O–H groups in total. The molecule has 0 saturated carbocycles. The summed E-state index contributed by atoms with van der Waals surface area (Å²) in [5, 5.41) is 3.24. The molecule has 9 heteroatoms. The minimum atomic E-state index is -0.417. The number of H-pyrrole nitrogens is 1. The van der Waals surface area contributed by atoms with Crippen LogP contribution in [-0.2, 0) is 4.79 Å². The van der Waals surface area contributed by atoms with Crippen LogP contribution >= 0.6 is 0 Å². The average Bonchev–Trinajstić information content (AvgIpc) is 3.31. The molecule has 160 valence electrons. The van der Waals surface area contributed by atoms with E-state index in [1.54, 1.807) is 53.6 Å². The van der Waals surface area contributed by atoms with Gasteiger partial charge in [-0.3, -0.25) is 19.3 Å². The molecule has 0 aliphatic carbocycles. The van der Waals surface area contributed by atoms with E-state index < -0.39 is 5.91 Å². The average molecular weight is 421 g/mol. The fraction of sp³-hybridized carbons (Fsp3) is 0.273. The van der Waals surface area contributed by atoms with E-state index in [1.165, 1.54) is 6.08 Å². The van der Waals surface area contributed by atoms with Crippen molar-refractivity contribution in [2.24, 2.45) is 0 Å². The number of benzene rings is 1. The zero-order chi connectivity index (χ0) is 21.6. The molecule has 0 spiro atoms. The number of rotatable bonds is 6. The maximum atomic E-state index is 12.4. The molecule has 2 amide bonds. The molecule has 1 aromatic carbocycles. The summed E-state index contributed by atoms with van der Waals surface area (Å²) in [6.07, 6.45) is 4.75. The van der Waals surface area contributed by atoms with Crippen molar-refractivity contribution in [1.82, 2.24) is 25.1 Å². The van der Waals surface area contributed by atoms with Crippen LogP contribution in [0.4, 0.5) is 0 Å². The number of aromatic nitrogens is 2. The summed E-state index contributed by atoms with van der Waals surface area (Å²) < 4.78 is 5.19. The van der Waals surface area contributed by atoms with Gasteiger partial charge in [0.15, 0.2) is 5.82 Å². The number of nitrogens with zero attached hydrogens (tertiary/aromatic N) is 3. The Balaban J connectivity index is 1.22. The van der Waals surface area contributed by atoms with Crippen molar-refractivity contribution in [2.75, 3.05) is 39.3 Å². The Kier molecular flexibility index (Phi) is 6.23. The smallest absolute Gasteiger partial charge is 0.287 e. The Bertz CT molecular complexity index is 1140. The number of furan rings is 1. The number of hydrogen-bond acceptors (Lipinski definition) is 6. The first-order valence-electron chi connectivity index (χ1n) is 10.1.